The van der Waals surface area contributed by atoms with Crippen LogP contribution in [0.2, 0.25) is 5.02 Å². The molecule has 0 saturated carbocycles. The van der Waals surface area contributed by atoms with Gasteiger partial charge in [-0.05, 0) is 49.7 Å². The number of aryl methyl sites for hydroxylation is 1. The van der Waals surface area contributed by atoms with E-state index in [0.717, 1.165) is 22.6 Å². The number of aliphatic carboxylic acids is 1. The molecule has 0 N–H and O–H groups in total. The van der Waals surface area contributed by atoms with Crippen LogP contribution >= 0.6 is 11.6 Å². The van der Waals surface area contributed by atoms with E-state index in [1.165, 1.54) is 0 Å². The van der Waals surface area contributed by atoms with E-state index in [0.29, 0.717) is 5.02 Å². The van der Waals surface area contributed by atoms with E-state index >= 15 is 0 Å². The third-order valence-corrected chi connectivity index (χ3v) is 3.21. The maximum absolute atomic E-state index is 10.7. The van der Waals surface area contributed by atoms with Crippen LogP contribution in [0.1, 0.15) is 17.0 Å². The number of carboxylic acid groups (broad SMARTS) is 1. The minimum absolute atomic E-state index is 0.0622. The van der Waals surface area contributed by atoms with Gasteiger partial charge in [0.25, 0.3) is 0 Å². The van der Waals surface area contributed by atoms with Crippen LogP contribution < -0.4 is 5.11 Å². The molecule has 0 spiro atoms. The number of halogens is 1. The Labute approximate surface area is 111 Å². The lowest BCUT2D eigenvalue weighted by Gasteiger charge is -2.10. The van der Waals surface area contributed by atoms with Crippen molar-refractivity contribution in [2.45, 2.75) is 20.3 Å². The Morgan fingerprint density at radius 2 is 1.89 bits per heavy atom. The molecule has 0 unspecified atom stereocenters. The zero-order valence-corrected chi connectivity index (χ0v) is 11.0. The number of carbonyl (C=O) groups excluding carboxylic acids is 1. The molecule has 0 atom stereocenters. The molecule has 3 nitrogen and oxygen atoms in total. The fourth-order valence-electron chi connectivity index (χ4n) is 2.15. The maximum Gasteiger partial charge on any atom is 0.0458 e. The van der Waals surface area contributed by atoms with Gasteiger partial charge in [-0.2, -0.15) is 0 Å². The molecule has 0 saturated heterocycles. The number of carbonyl (C=O) groups is 1. The van der Waals surface area contributed by atoms with Gasteiger partial charge in [0.05, 0.1) is 0 Å². The lowest BCUT2D eigenvalue weighted by molar-refractivity contribution is -0.304. The number of hydrogen-bond acceptors (Lipinski definition) is 2. The molecule has 2 aromatic rings. The SMILES string of the molecule is Cc1cc(CC(=O)[O-])c(C)n1-c1ccc(Cl)cc1. The van der Waals surface area contributed by atoms with Crippen LogP contribution in [0.4, 0.5) is 0 Å². The first-order valence-corrected chi connectivity index (χ1v) is 6.00. The van der Waals surface area contributed by atoms with Gasteiger partial charge in [0.2, 0.25) is 0 Å². The first-order chi connectivity index (χ1) is 8.49. The topological polar surface area (TPSA) is 45.1 Å². The van der Waals surface area contributed by atoms with E-state index in [1.54, 1.807) is 0 Å². The highest BCUT2D eigenvalue weighted by Gasteiger charge is 2.10. The van der Waals surface area contributed by atoms with Crippen LogP contribution in [0.25, 0.3) is 5.69 Å². The molecule has 0 amide bonds. The Morgan fingerprint density at radius 1 is 1.28 bits per heavy atom. The molecule has 0 radical (unpaired) electrons. The number of benzene rings is 1. The number of aromatic nitrogens is 1. The van der Waals surface area contributed by atoms with Gasteiger partial charge in [-0.1, -0.05) is 11.6 Å². The number of hydrogen-bond donors (Lipinski definition) is 0. The maximum atomic E-state index is 10.7. The molecule has 0 fully saturated rings. The van der Waals surface area contributed by atoms with Crippen molar-refractivity contribution in [3.8, 4) is 5.69 Å². The predicted octanol–water partition coefficient (Wildman–Crippen LogP) is 2.04. The van der Waals surface area contributed by atoms with Gasteiger partial charge in [0.1, 0.15) is 0 Å². The average Bonchev–Trinajstić information content (AvgIpc) is 2.55. The van der Waals surface area contributed by atoms with Gasteiger partial charge in [0.15, 0.2) is 0 Å². The van der Waals surface area contributed by atoms with Crippen LogP contribution in [-0.2, 0) is 11.2 Å². The quantitative estimate of drug-likeness (QED) is 0.850. The summed E-state index contributed by atoms with van der Waals surface area (Å²) in [5.41, 5.74) is 3.66. The smallest absolute Gasteiger partial charge is 0.0458 e. The van der Waals surface area contributed by atoms with E-state index in [2.05, 4.69) is 0 Å². The monoisotopic (exact) mass is 262 g/mol. The molecule has 0 bridgehead atoms. The molecule has 4 heteroatoms. The zero-order chi connectivity index (χ0) is 13.3. The molecule has 0 aliphatic rings. The Bertz CT molecular complexity index is 585. The van der Waals surface area contributed by atoms with Gasteiger partial charge >= 0.3 is 0 Å². The summed E-state index contributed by atoms with van der Waals surface area (Å²) < 4.78 is 2.01. The molecule has 0 aliphatic carbocycles. The highest BCUT2D eigenvalue weighted by Crippen LogP contribution is 2.22. The third-order valence-electron chi connectivity index (χ3n) is 2.96. The fourth-order valence-corrected chi connectivity index (χ4v) is 2.28. The summed E-state index contributed by atoms with van der Waals surface area (Å²) in [5, 5.41) is 11.4. The largest absolute Gasteiger partial charge is 0.550 e. The summed E-state index contributed by atoms with van der Waals surface area (Å²) in [6.45, 7) is 3.85. The van der Waals surface area contributed by atoms with Gasteiger partial charge < -0.3 is 14.5 Å². The molecule has 2 rings (SSSR count). The summed E-state index contributed by atoms with van der Waals surface area (Å²) in [6.07, 6.45) is -0.0622. The third kappa shape index (κ3) is 2.41. The van der Waals surface area contributed by atoms with Crippen molar-refractivity contribution in [2.75, 3.05) is 0 Å². The standard InChI is InChI=1S/C14H14ClNO2/c1-9-7-11(8-14(17)18)10(2)16(9)13-5-3-12(15)4-6-13/h3-7H,8H2,1-2H3,(H,17,18)/p-1. The first-order valence-electron chi connectivity index (χ1n) is 5.62. The van der Waals surface area contributed by atoms with Gasteiger partial charge in [0, 0.05) is 34.5 Å². The van der Waals surface area contributed by atoms with Crippen LogP contribution in [0, 0.1) is 13.8 Å². The summed E-state index contributed by atoms with van der Waals surface area (Å²) >= 11 is 5.86. The summed E-state index contributed by atoms with van der Waals surface area (Å²) in [4.78, 5) is 10.7. The van der Waals surface area contributed by atoms with Crippen molar-refractivity contribution in [3.05, 3.63) is 52.3 Å². The molecule has 1 aromatic heterocycles. The van der Waals surface area contributed by atoms with Crippen LogP contribution in [0.3, 0.4) is 0 Å². The van der Waals surface area contributed by atoms with Crippen LogP contribution in [-0.4, -0.2) is 10.5 Å². The van der Waals surface area contributed by atoms with E-state index in [-0.39, 0.29) is 6.42 Å². The highest BCUT2D eigenvalue weighted by atomic mass is 35.5. The molecule has 1 heterocycles. The van der Waals surface area contributed by atoms with Gasteiger partial charge in [-0.25, -0.2) is 0 Å². The minimum atomic E-state index is -1.06. The zero-order valence-electron chi connectivity index (χ0n) is 10.2. The molecule has 0 aliphatic heterocycles. The Hall–Kier alpha value is -1.74. The predicted molar refractivity (Wildman–Crippen MR) is 69.0 cm³/mol. The van der Waals surface area contributed by atoms with Crippen molar-refractivity contribution >= 4 is 17.6 Å². The first kappa shape index (κ1) is 12.7. The van der Waals surface area contributed by atoms with Crippen molar-refractivity contribution in [3.63, 3.8) is 0 Å². The second kappa shape index (κ2) is 4.86. The van der Waals surface area contributed by atoms with Crippen molar-refractivity contribution in [1.29, 1.82) is 0 Å². The van der Waals surface area contributed by atoms with Gasteiger partial charge in [-0.3, -0.25) is 0 Å². The summed E-state index contributed by atoms with van der Waals surface area (Å²) in [5.74, 6) is -1.06. The Balaban J connectivity index is 2.48. The second-order valence-corrected chi connectivity index (χ2v) is 4.69. The second-order valence-electron chi connectivity index (χ2n) is 4.26. The summed E-state index contributed by atoms with van der Waals surface area (Å²) in [6, 6.07) is 9.32. The van der Waals surface area contributed by atoms with Gasteiger partial charge in [-0.15, -0.1) is 0 Å². The van der Waals surface area contributed by atoms with Crippen molar-refractivity contribution in [2.24, 2.45) is 0 Å². The van der Waals surface area contributed by atoms with E-state index in [9.17, 15) is 9.90 Å². The van der Waals surface area contributed by atoms with Crippen LogP contribution in [0.5, 0.6) is 0 Å². The minimum Gasteiger partial charge on any atom is -0.550 e. The van der Waals surface area contributed by atoms with E-state index in [4.69, 9.17) is 11.6 Å². The molecule has 94 valence electrons. The van der Waals surface area contributed by atoms with E-state index in [1.807, 2.05) is 48.7 Å². The molecule has 1 aromatic carbocycles. The Morgan fingerprint density at radius 3 is 2.44 bits per heavy atom. The normalized spacial score (nSPS) is 10.6. The highest BCUT2D eigenvalue weighted by molar-refractivity contribution is 6.30. The van der Waals surface area contributed by atoms with Crippen molar-refractivity contribution in [1.82, 2.24) is 4.57 Å². The molecular formula is C14H13ClNO2-. The average molecular weight is 263 g/mol. The lowest BCUT2D eigenvalue weighted by Crippen LogP contribution is -2.24. The molecule has 18 heavy (non-hydrogen) atoms. The Kier molecular flexibility index (Phi) is 3.43. The number of carboxylic acids is 1. The van der Waals surface area contributed by atoms with Crippen molar-refractivity contribution < 1.29 is 9.90 Å². The number of rotatable bonds is 3. The van der Waals surface area contributed by atoms with E-state index < -0.39 is 5.97 Å². The number of nitrogens with zero attached hydrogens (tertiary/aromatic N) is 1. The molecular weight excluding hydrogens is 250 g/mol. The van der Waals surface area contributed by atoms with Crippen LogP contribution in [0.15, 0.2) is 30.3 Å². The summed E-state index contributed by atoms with van der Waals surface area (Å²) in [7, 11) is 0. The lowest BCUT2D eigenvalue weighted by atomic mass is 10.2. The fraction of sp³-hybridized carbons (Fsp3) is 0.214.